The molecular weight excluding hydrogens is 306 g/mol. The topological polar surface area (TPSA) is 55.6 Å². The third kappa shape index (κ3) is 3.06. The van der Waals surface area contributed by atoms with Crippen LogP contribution >= 0.6 is 22.9 Å². The first-order valence-corrected chi connectivity index (χ1v) is 7.86. The van der Waals surface area contributed by atoms with Crippen LogP contribution in [0.3, 0.4) is 0 Å². The molecule has 0 saturated carbocycles. The molecule has 0 amide bonds. The van der Waals surface area contributed by atoms with E-state index in [0.29, 0.717) is 5.02 Å². The van der Waals surface area contributed by atoms with E-state index in [1.54, 1.807) is 22.3 Å². The molecule has 2 heterocycles. The Labute approximate surface area is 131 Å². The molecule has 0 spiro atoms. The lowest BCUT2D eigenvalue weighted by atomic mass is 10.1. The molecule has 1 N–H and O–H groups in total. The van der Waals surface area contributed by atoms with Gasteiger partial charge in [0.25, 0.3) is 0 Å². The summed E-state index contributed by atoms with van der Waals surface area (Å²) in [6.45, 7) is 2.15. The number of aromatic nitrogens is 4. The fraction of sp³-hybridized carbons (Fsp3) is 0.214. The highest BCUT2D eigenvalue weighted by atomic mass is 35.5. The van der Waals surface area contributed by atoms with Gasteiger partial charge in [-0.2, -0.15) is 0 Å². The third-order valence-electron chi connectivity index (χ3n) is 3.19. The van der Waals surface area contributed by atoms with E-state index in [1.807, 2.05) is 18.2 Å². The Hall–Kier alpha value is -1.92. The van der Waals surface area contributed by atoms with E-state index in [0.717, 1.165) is 17.8 Å². The van der Waals surface area contributed by atoms with Crippen molar-refractivity contribution >= 4 is 28.6 Å². The van der Waals surface area contributed by atoms with Gasteiger partial charge in [-0.15, -0.1) is 16.4 Å². The number of nitrogens with zero attached hydrogens (tertiary/aromatic N) is 4. The number of benzene rings is 1. The second kappa shape index (κ2) is 6.24. The number of halogens is 1. The third-order valence-corrected chi connectivity index (χ3v) is 4.50. The zero-order valence-electron chi connectivity index (χ0n) is 11.4. The minimum Gasteiger partial charge on any atom is -0.376 e. The van der Waals surface area contributed by atoms with Gasteiger partial charge in [-0.25, -0.2) is 4.68 Å². The van der Waals surface area contributed by atoms with Gasteiger partial charge in [-0.1, -0.05) is 24.6 Å². The number of hydrogen-bond donors (Lipinski definition) is 1. The van der Waals surface area contributed by atoms with Gasteiger partial charge in [0.2, 0.25) is 0 Å². The van der Waals surface area contributed by atoms with Crippen LogP contribution < -0.4 is 5.32 Å². The Morgan fingerprint density at radius 1 is 1.38 bits per heavy atom. The highest BCUT2D eigenvalue weighted by Gasteiger charge is 2.13. The Morgan fingerprint density at radius 2 is 2.29 bits per heavy atom. The first-order chi connectivity index (χ1) is 10.3. The lowest BCUT2D eigenvalue weighted by Crippen LogP contribution is -2.09. The maximum absolute atomic E-state index is 6.30. The van der Waals surface area contributed by atoms with Crippen molar-refractivity contribution in [2.45, 2.75) is 19.4 Å². The number of thiophene rings is 1. The van der Waals surface area contributed by atoms with Crippen LogP contribution in [0.5, 0.6) is 0 Å². The molecule has 7 heteroatoms. The summed E-state index contributed by atoms with van der Waals surface area (Å²) in [5.41, 5.74) is 1.75. The number of rotatable bonds is 5. The fourth-order valence-electron chi connectivity index (χ4n) is 2.10. The molecule has 108 valence electrons. The molecule has 1 unspecified atom stereocenters. The average molecular weight is 320 g/mol. The van der Waals surface area contributed by atoms with Crippen molar-refractivity contribution in [3.63, 3.8) is 0 Å². The lowest BCUT2D eigenvalue weighted by molar-refractivity contribution is 0.762. The van der Waals surface area contributed by atoms with E-state index < -0.39 is 0 Å². The zero-order chi connectivity index (χ0) is 14.7. The fourth-order valence-corrected chi connectivity index (χ4v) is 3.13. The maximum Gasteiger partial charge on any atom is 0.143 e. The van der Waals surface area contributed by atoms with E-state index in [-0.39, 0.29) is 6.04 Å². The molecule has 0 fully saturated rings. The van der Waals surface area contributed by atoms with Crippen LogP contribution in [-0.4, -0.2) is 20.2 Å². The molecular formula is C14H14ClN5S. The second-order valence-corrected chi connectivity index (χ2v) is 5.93. The molecule has 0 bridgehead atoms. The summed E-state index contributed by atoms with van der Waals surface area (Å²) in [5, 5.41) is 17.5. The Kier molecular flexibility index (Phi) is 4.17. The molecule has 2 aromatic heterocycles. The summed E-state index contributed by atoms with van der Waals surface area (Å²) in [5.74, 6) is 0. The van der Waals surface area contributed by atoms with Crippen molar-refractivity contribution in [3.05, 3.63) is 51.9 Å². The summed E-state index contributed by atoms with van der Waals surface area (Å²) in [6, 6.07) is 10.1. The molecule has 5 nitrogen and oxygen atoms in total. The minimum atomic E-state index is 0.242. The molecule has 0 aliphatic rings. The van der Waals surface area contributed by atoms with Gasteiger partial charge in [0, 0.05) is 4.88 Å². The molecule has 21 heavy (non-hydrogen) atoms. The predicted octanol–water partition coefficient (Wildman–Crippen LogP) is 3.94. The Bertz CT molecular complexity index is 696. The van der Waals surface area contributed by atoms with Crippen LogP contribution in [0.1, 0.15) is 24.3 Å². The largest absolute Gasteiger partial charge is 0.376 e. The van der Waals surface area contributed by atoms with Crippen molar-refractivity contribution in [2.24, 2.45) is 0 Å². The zero-order valence-corrected chi connectivity index (χ0v) is 13.0. The summed E-state index contributed by atoms with van der Waals surface area (Å²) in [7, 11) is 0. The first kappa shape index (κ1) is 14.0. The minimum absolute atomic E-state index is 0.242. The number of tetrazole rings is 1. The average Bonchev–Trinajstić information content (AvgIpc) is 3.19. The van der Waals surface area contributed by atoms with Gasteiger partial charge in [0.1, 0.15) is 6.33 Å². The lowest BCUT2D eigenvalue weighted by Gasteiger charge is -2.18. The van der Waals surface area contributed by atoms with Gasteiger partial charge in [0.05, 0.1) is 22.4 Å². The van der Waals surface area contributed by atoms with Crippen LogP contribution in [0.15, 0.2) is 42.0 Å². The molecule has 3 aromatic rings. The van der Waals surface area contributed by atoms with Crippen molar-refractivity contribution < 1.29 is 0 Å². The van der Waals surface area contributed by atoms with Crippen molar-refractivity contribution in [2.75, 3.05) is 5.32 Å². The molecule has 1 aromatic carbocycles. The van der Waals surface area contributed by atoms with E-state index in [1.165, 1.54) is 4.88 Å². The summed E-state index contributed by atoms with van der Waals surface area (Å²) in [4.78, 5) is 1.29. The standard InChI is InChI=1S/C14H14ClN5S/c1-2-12(14-4-3-7-21-14)17-13-8-10(5-6-11(13)15)20-9-16-18-19-20/h3-9,12,17H,2H2,1H3. The van der Waals surface area contributed by atoms with E-state index >= 15 is 0 Å². The van der Waals surface area contributed by atoms with Crippen molar-refractivity contribution in [3.8, 4) is 5.69 Å². The molecule has 0 radical (unpaired) electrons. The molecule has 0 aliphatic carbocycles. The molecule has 0 saturated heterocycles. The van der Waals surface area contributed by atoms with Crippen LogP contribution in [0.2, 0.25) is 5.02 Å². The van der Waals surface area contributed by atoms with Gasteiger partial charge in [0.15, 0.2) is 0 Å². The van der Waals surface area contributed by atoms with Crippen molar-refractivity contribution in [1.82, 2.24) is 20.2 Å². The SMILES string of the molecule is CCC(Nc1cc(-n2cnnn2)ccc1Cl)c1cccs1. The van der Waals surface area contributed by atoms with Crippen LogP contribution in [0, 0.1) is 0 Å². The summed E-state index contributed by atoms with van der Waals surface area (Å²) >= 11 is 8.04. The summed E-state index contributed by atoms with van der Waals surface area (Å²) < 4.78 is 1.60. The van der Waals surface area contributed by atoms with Gasteiger partial charge in [-0.3, -0.25) is 0 Å². The van der Waals surface area contributed by atoms with Gasteiger partial charge in [-0.05, 0) is 46.5 Å². The number of nitrogens with one attached hydrogen (secondary N) is 1. The highest BCUT2D eigenvalue weighted by molar-refractivity contribution is 7.10. The number of hydrogen-bond acceptors (Lipinski definition) is 5. The highest BCUT2D eigenvalue weighted by Crippen LogP contribution is 2.31. The number of anilines is 1. The Morgan fingerprint density at radius 3 is 2.95 bits per heavy atom. The van der Waals surface area contributed by atoms with E-state index in [4.69, 9.17) is 11.6 Å². The predicted molar refractivity (Wildman–Crippen MR) is 85.1 cm³/mol. The first-order valence-electron chi connectivity index (χ1n) is 6.60. The molecule has 1 atom stereocenters. The molecule has 3 rings (SSSR count). The second-order valence-electron chi connectivity index (χ2n) is 4.54. The summed E-state index contributed by atoms with van der Waals surface area (Å²) in [6.07, 6.45) is 2.54. The van der Waals surface area contributed by atoms with Crippen LogP contribution in [0.25, 0.3) is 5.69 Å². The van der Waals surface area contributed by atoms with Crippen LogP contribution in [0.4, 0.5) is 5.69 Å². The van der Waals surface area contributed by atoms with Crippen LogP contribution in [-0.2, 0) is 0 Å². The van der Waals surface area contributed by atoms with Crippen molar-refractivity contribution in [1.29, 1.82) is 0 Å². The van der Waals surface area contributed by atoms with Gasteiger partial charge >= 0.3 is 0 Å². The normalized spacial score (nSPS) is 12.3. The van der Waals surface area contributed by atoms with E-state index in [9.17, 15) is 0 Å². The smallest absolute Gasteiger partial charge is 0.143 e. The monoisotopic (exact) mass is 319 g/mol. The maximum atomic E-state index is 6.30. The van der Waals surface area contributed by atoms with Gasteiger partial charge < -0.3 is 5.32 Å². The quantitative estimate of drug-likeness (QED) is 0.774. The van der Waals surface area contributed by atoms with E-state index in [2.05, 4.69) is 45.3 Å². The molecule has 0 aliphatic heterocycles. The Balaban J connectivity index is 1.89.